The van der Waals surface area contributed by atoms with Gasteiger partial charge in [-0.15, -0.1) is 16.7 Å². The summed E-state index contributed by atoms with van der Waals surface area (Å²) in [6, 6.07) is 0. The second kappa shape index (κ2) is 5.10. The van der Waals surface area contributed by atoms with Crippen LogP contribution in [0.15, 0.2) is 0 Å². The largest absolute Gasteiger partial charge is 0.351 e. The fraction of sp³-hybridized carbons (Fsp3) is 0.700. The third-order valence-electron chi connectivity index (χ3n) is 2.89. The molecule has 1 saturated carbocycles. The predicted molar refractivity (Wildman–Crippen MR) is 64.0 cm³/mol. The van der Waals surface area contributed by atoms with E-state index in [2.05, 4.69) is 14.9 Å². The molecule has 6 heteroatoms. The molecule has 1 amide bonds. The molecule has 2 atom stereocenters. The van der Waals surface area contributed by atoms with Crippen LogP contribution in [0.25, 0.3) is 0 Å². The Morgan fingerprint density at radius 3 is 3.00 bits per heavy atom. The number of rotatable bonds is 3. The summed E-state index contributed by atoms with van der Waals surface area (Å²) in [5.41, 5.74) is 0.698. The molecule has 0 aromatic carbocycles. The Kier molecular flexibility index (Phi) is 3.76. The summed E-state index contributed by atoms with van der Waals surface area (Å²) in [5.74, 6) is 0.457. The second-order valence-corrected chi connectivity index (χ2v) is 5.55. The second-order valence-electron chi connectivity index (χ2n) is 4.17. The molecule has 0 bridgehead atoms. The van der Waals surface area contributed by atoms with E-state index < -0.39 is 0 Å². The molecule has 1 aromatic heterocycles. The summed E-state index contributed by atoms with van der Waals surface area (Å²) in [5, 5.41) is 7.02. The maximum absolute atomic E-state index is 11.8. The van der Waals surface area contributed by atoms with E-state index in [9.17, 15) is 4.79 Å². The number of carbonyl (C=O) groups excluding carboxylic acids is 1. The molecule has 2 rings (SSSR count). The maximum atomic E-state index is 11.8. The molecule has 1 aliphatic carbocycles. The molecular weight excluding hydrogens is 246 g/mol. The fourth-order valence-corrected chi connectivity index (χ4v) is 2.91. The number of nitrogens with zero attached hydrogens (tertiary/aromatic N) is 2. The first-order chi connectivity index (χ1) is 7.66. The lowest BCUT2D eigenvalue weighted by atomic mass is 10.1. The number of carbonyl (C=O) groups is 1. The van der Waals surface area contributed by atoms with Crippen LogP contribution < -0.4 is 5.32 Å². The van der Waals surface area contributed by atoms with E-state index in [4.69, 9.17) is 11.6 Å². The maximum Gasteiger partial charge on any atom is 0.264 e. The van der Waals surface area contributed by atoms with Gasteiger partial charge in [-0.3, -0.25) is 4.79 Å². The molecule has 1 aromatic rings. The molecular formula is C10H14ClN3OS. The number of alkyl halides is 1. The molecule has 1 heterocycles. The third kappa shape index (κ3) is 2.71. The van der Waals surface area contributed by atoms with E-state index in [1.807, 2.05) is 0 Å². The zero-order chi connectivity index (χ0) is 11.5. The molecule has 1 fully saturated rings. The molecule has 16 heavy (non-hydrogen) atoms. The number of amides is 1. The molecule has 1 N–H and O–H groups in total. The highest BCUT2D eigenvalue weighted by Gasteiger charge is 2.23. The number of aromatic nitrogens is 2. The van der Waals surface area contributed by atoms with Crippen molar-refractivity contribution in [3.8, 4) is 0 Å². The van der Waals surface area contributed by atoms with E-state index in [0.717, 1.165) is 30.8 Å². The number of aryl methyl sites for hydroxylation is 1. The standard InChI is InChI=1S/C10H14ClN3OS/c1-6-9(16-14-13-6)10(15)12-5-7-2-3-8(11)4-7/h7-8H,2-5H2,1H3,(H,12,15). The Hall–Kier alpha value is -0.680. The van der Waals surface area contributed by atoms with E-state index in [1.165, 1.54) is 0 Å². The Bertz CT molecular complexity index is 382. The van der Waals surface area contributed by atoms with Crippen LogP contribution in [0, 0.1) is 12.8 Å². The quantitative estimate of drug-likeness (QED) is 0.845. The topological polar surface area (TPSA) is 54.9 Å². The summed E-state index contributed by atoms with van der Waals surface area (Å²) < 4.78 is 3.74. The minimum atomic E-state index is -0.0643. The van der Waals surface area contributed by atoms with Gasteiger partial charge in [0, 0.05) is 11.9 Å². The van der Waals surface area contributed by atoms with Gasteiger partial charge < -0.3 is 5.32 Å². The molecule has 0 radical (unpaired) electrons. The van der Waals surface area contributed by atoms with Gasteiger partial charge in [0.1, 0.15) is 4.88 Å². The van der Waals surface area contributed by atoms with Gasteiger partial charge in [-0.1, -0.05) is 4.49 Å². The van der Waals surface area contributed by atoms with Gasteiger partial charge in [-0.25, -0.2) is 0 Å². The highest BCUT2D eigenvalue weighted by molar-refractivity contribution is 7.07. The van der Waals surface area contributed by atoms with E-state index in [1.54, 1.807) is 6.92 Å². The van der Waals surface area contributed by atoms with E-state index >= 15 is 0 Å². The van der Waals surface area contributed by atoms with Crippen LogP contribution in [0.4, 0.5) is 0 Å². The van der Waals surface area contributed by atoms with E-state index in [-0.39, 0.29) is 11.3 Å². The monoisotopic (exact) mass is 259 g/mol. The number of nitrogens with one attached hydrogen (secondary N) is 1. The highest BCUT2D eigenvalue weighted by atomic mass is 35.5. The molecule has 0 saturated heterocycles. The van der Waals surface area contributed by atoms with Gasteiger partial charge in [-0.05, 0) is 43.6 Å². The van der Waals surface area contributed by atoms with Crippen LogP contribution in [0.1, 0.15) is 34.6 Å². The third-order valence-corrected chi connectivity index (χ3v) is 4.11. The minimum Gasteiger partial charge on any atom is -0.351 e. The van der Waals surface area contributed by atoms with Gasteiger partial charge in [0.15, 0.2) is 0 Å². The predicted octanol–water partition coefficient (Wildman–Crippen LogP) is 1.98. The van der Waals surface area contributed by atoms with Crippen LogP contribution >= 0.6 is 23.1 Å². The van der Waals surface area contributed by atoms with Crippen LogP contribution in [0.2, 0.25) is 0 Å². The van der Waals surface area contributed by atoms with Crippen molar-refractivity contribution in [3.63, 3.8) is 0 Å². The van der Waals surface area contributed by atoms with Crippen LogP contribution in [-0.4, -0.2) is 27.4 Å². The molecule has 4 nitrogen and oxygen atoms in total. The lowest BCUT2D eigenvalue weighted by molar-refractivity contribution is 0.0950. The molecule has 1 aliphatic rings. The highest BCUT2D eigenvalue weighted by Crippen LogP contribution is 2.28. The first kappa shape index (κ1) is 11.8. The number of hydrogen-bond donors (Lipinski definition) is 1. The van der Waals surface area contributed by atoms with Gasteiger partial charge in [0.25, 0.3) is 5.91 Å². The SMILES string of the molecule is Cc1nnsc1C(=O)NCC1CCC(Cl)C1. The Morgan fingerprint density at radius 1 is 1.62 bits per heavy atom. The average Bonchev–Trinajstić information content (AvgIpc) is 2.84. The van der Waals surface area contributed by atoms with Crippen molar-refractivity contribution in [3.05, 3.63) is 10.6 Å². The van der Waals surface area contributed by atoms with Crippen molar-refractivity contribution in [2.24, 2.45) is 5.92 Å². The molecule has 0 spiro atoms. The van der Waals surface area contributed by atoms with E-state index in [0.29, 0.717) is 23.0 Å². The smallest absolute Gasteiger partial charge is 0.264 e. The summed E-state index contributed by atoms with van der Waals surface area (Å²) >= 11 is 7.16. The van der Waals surface area contributed by atoms with Crippen molar-refractivity contribution < 1.29 is 4.79 Å². The zero-order valence-electron chi connectivity index (χ0n) is 9.07. The lowest BCUT2D eigenvalue weighted by Gasteiger charge is -2.09. The summed E-state index contributed by atoms with van der Waals surface area (Å²) in [6.45, 7) is 2.50. The average molecular weight is 260 g/mol. The minimum absolute atomic E-state index is 0.0643. The van der Waals surface area contributed by atoms with Crippen LogP contribution in [0.5, 0.6) is 0 Å². The Morgan fingerprint density at radius 2 is 2.44 bits per heavy atom. The summed E-state index contributed by atoms with van der Waals surface area (Å²) in [7, 11) is 0. The van der Waals surface area contributed by atoms with Gasteiger partial charge in [-0.2, -0.15) is 0 Å². The van der Waals surface area contributed by atoms with Crippen LogP contribution in [-0.2, 0) is 0 Å². The molecule has 2 unspecified atom stereocenters. The summed E-state index contributed by atoms with van der Waals surface area (Å²) in [4.78, 5) is 12.4. The first-order valence-electron chi connectivity index (χ1n) is 5.38. The van der Waals surface area contributed by atoms with Gasteiger partial charge in [0.05, 0.1) is 5.69 Å². The van der Waals surface area contributed by atoms with Gasteiger partial charge >= 0.3 is 0 Å². The fourth-order valence-electron chi connectivity index (χ4n) is 1.96. The Balaban J connectivity index is 1.82. The lowest BCUT2D eigenvalue weighted by Crippen LogP contribution is -2.28. The summed E-state index contributed by atoms with van der Waals surface area (Å²) in [6.07, 6.45) is 3.17. The Labute approximate surface area is 104 Å². The van der Waals surface area contributed by atoms with Crippen LogP contribution in [0.3, 0.4) is 0 Å². The normalized spacial score (nSPS) is 24.6. The zero-order valence-corrected chi connectivity index (χ0v) is 10.6. The van der Waals surface area contributed by atoms with Crippen molar-refractivity contribution in [1.82, 2.24) is 14.9 Å². The van der Waals surface area contributed by atoms with Crippen molar-refractivity contribution in [2.45, 2.75) is 31.6 Å². The van der Waals surface area contributed by atoms with Crippen molar-refractivity contribution in [2.75, 3.05) is 6.54 Å². The van der Waals surface area contributed by atoms with Crippen molar-refractivity contribution >= 4 is 29.0 Å². The number of halogens is 1. The number of hydrogen-bond acceptors (Lipinski definition) is 4. The van der Waals surface area contributed by atoms with Crippen molar-refractivity contribution in [1.29, 1.82) is 0 Å². The molecule has 0 aliphatic heterocycles. The van der Waals surface area contributed by atoms with Gasteiger partial charge in [0.2, 0.25) is 0 Å². The molecule has 88 valence electrons. The first-order valence-corrected chi connectivity index (χ1v) is 6.59.